The van der Waals surface area contributed by atoms with E-state index in [0.717, 1.165) is 68.3 Å². The lowest BCUT2D eigenvalue weighted by Crippen LogP contribution is -2.49. The number of halogens is 1. The van der Waals surface area contributed by atoms with Gasteiger partial charge in [-0.25, -0.2) is 0 Å². The number of piperidine rings is 2. The lowest BCUT2D eigenvalue weighted by atomic mass is 9.94. The normalized spacial score (nSPS) is 22.7. The van der Waals surface area contributed by atoms with Crippen LogP contribution in [-0.2, 0) is 0 Å². The van der Waals surface area contributed by atoms with E-state index in [4.69, 9.17) is 0 Å². The summed E-state index contributed by atoms with van der Waals surface area (Å²) in [7, 11) is 0. The zero-order valence-electron chi connectivity index (χ0n) is 15.1. The molecule has 2 aromatic rings. The smallest absolute Gasteiger partial charge is 0.254 e. The number of rotatable bonds is 3. The molecule has 5 heteroatoms. The van der Waals surface area contributed by atoms with Gasteiger partial charge >= 0.3 is 0 Å². The Kier molecular flexibility index (Phi) is 5.16. The van der Waals surface area contributed by atoms with Gasteiger partial charge in [0.1, 0.15) is 0 Å². The Morgan fingerprint density at radius 2 is 1.92 bits per heavy atom. The van der Waals surface area contributed by atoms with Crippen LogP contribution >= 0.6 is 0 Å². The first-order valence-corrected chi connectivity index (χ1v) is 9.69. The monoisotopic (exact) mass is 355 g/mol. The molecule has 3 heterocycles. The Hall–Kier alpha value is -2.01. The van der Waals surface area contributed by atoms with Gasteiger partial charge in [0.05, 0.1) is 17.8 Å². The number of para-hydroxylation sites is 1. The van der Waals surface area contributed by atoms with E-state index in [1.807, 2.05) is 35.2 Å². The molecule has 2 aliphatic rings. The van der Waals surface area contributed by atoms with E-state index in [2.05, 4.69) is 9.88 Å². The number of pyridine rings is 1. The Morgan fingerprint density at radius 3 is 2.73 bits per heavy atom. The van der Waals surface area contributed by atoms with E-state index in [1.165, 1.54) is 0 Å². The molecule has 4 nitrogen and oxygen atoms in total. The second-order valence-corrected chi connectivity index (χ2v) is 7.56. The van der Waals surface area contributed by atoms with Crippen molar-refractivity contribution < 1.29 is 9.18 Å². The van der Waals surface area contributed by atoms with E-state index >= 15 is 0 Å². The van der Waals surface area contributed by atoms with E-state index in [0.29, 0.717) is 6.04 Å². The Labute approximate surface area is 154 Å². The van der Waals surface area contributed by atoms with Gasteiger partial charge in [-0.15, -0.1) is 0 Å². The standard InChI is InChI=1S/C21H26FN3O/c22-14-16-4-3-11-25(15-16)17-8-12-24(13-9-17)21(26)19-7-10-23-20-6-2-1-5-18(19)20/h1-2,5-7,10,16-17H,3-4,8-9,11-15H2/t16-/m1/s1. The first-order chi connectivity index (χ1) is 12.8. The fraction of sp³-hybridized carbons (Fsp3) is 0.524. The Balaban J connectivity index is 1.42. The van der Waals surface area contributed by atoms with Crippen LogP contribution in [0.25, 0.3) is 10.9 Å². The van der Waals surface area contributed by atoms with Crippen LogP contribution in [0.5, 0.6) is 0 Å². The van der Waals surface area contributed by atoms with Crippen molar-refractivity contribution in [2.75, 3.05) is 32.9 Å². The topological polar surface area (TPSA) is 36.4 Å². The molecule has 1 aromatic carbocycles. The summed E-state index contributed by atoms with van der Waals surface area (Å²) in [5.41, 5.74) is 1.60. The number of benzene rings is 1. The van der Waals surface area contributed by atoms with Crippen molar-refractivity contribution in [1.29, 1.82) is 0 Å². The van der Waals surface area contributed by atoms with E-state index in [-0.39, 0.29) is 18.5 Å². The first-order valence-electron chi connectivity index (χ1n) is 9.69. The molecule has 26 heavy (non-hydrogen) atoms. The van der Waals surface area contributed by atoms with Gasteiger partial charge in [-0.2, -0.15) is 0 Å². The zero-order valence-corrected chi connectivity index (χ0v) is 15.1. The quantitative estimate of drug-likeness (QED) is 0.845. The molecule has 1 amide bonds. The van der Waals surface area contributed by atoms with Crippen molar-refractivity contribution >= 4 is 16.8 Å². The molecule has 0 radical (unpaired) electrons. The van der Waals surface area contributed by atoms with Gasteiger partial charge in [0, 0.05) is 43.2 Å². The third-order valence-electron chi connectivity index (χ3n) is 5.92. The highest BCUT2D eigenvalue weighted by Crippen LogP contribution is 2.26. The van der Waals surface area contributed by atoms with Gasteiger partial charge in [-0.05, 0) is 44.4 Å². The van der Waals surface area contributed by atoms with Gasteiger partial charge in [0.25, 0.3) is 5.91 Å². The number of nitrogens with zero attached hydrogens (tertiary/aromatic N) is 3. The first kappa shape index (κ1) is 17.4. The fourth-order valence-electron chi connectivity index (χ4n) is 4.44. The second kappa shape index (κ2) is 7.70. The molecule has 0 aliphatic carbocycles. The average Bonchev–Trinajstić information content (AvgIpc) is 2.73. The molecule has 0 unspecified atom stereocenters. The third-order valence-corrected chi connectivity index (χ3v) is 5.92. The number of fused-ring (bicyclic) bond motifs is 1. The highest BCUT2D eigenvalue weighted by atomic mass is 19.1. The van der Waals surface area contributed by atoms with Gasteiger partial charge in [0.15, 0.2) is 0 Å². The van der Waals surface area contributed by atoms with Crippen molar-refractivity contribution in [3.8, 4) is 0 Å². The van der Waals surface area contributed by atoms with E-state index < -0.39 is 0 Å². The van der Waals surface area contributed by atoms with Crippen molar-refractivity contribution in [2.45, 2.75) is 31.7 Å². The molecule has 0 bridgehead atoms. The average molecular weight is 355 g/mol. The van der Waals surface area contributed by atoms with Gasteiger partial charge in [-0.1, -0.05) is 18.2 Å². The summed E-state index contributed by atoms with van der Waals surface area (Å²) in [5.74, 6) is 0.300. The summed E-state index contributed by atoms with van der Waals surface area (Å²) in [5, 5.41) is 0.920. The maximum Gasteiger partial charge on any atom is 0.254 e. The van der Waals surface area contributed by atoms with Crippen LogP contribution in [-0.4, -0.2) is 59.6 Å². The summed E-state index contributed by atoms with van der Waals surface area (Å²) in [6, 6.07) is 10.1. The number of amides is 1. The predicted octanol–water partition coefficient (Wildman–Crippen LogP) is 3.52. The van der Waals surface area contributed by atoms with Gasteiger partial charge in [0.2, 0.25) is 0 Å². The number of carbonyl (C=O) groups is 1. The summed E-state index contributed by atoms with van der Waals surface area (Å²) < 4.78 is 13.0. The predicted molar refractivity (Wildman–Crippen MR) is 101 cm³/mol. The molecule has 138 valence electrons. The summed E-state index contributed by atoms with van der Waals surface area (Å²) in [6.07, 6.45) is 5.78. The molecule has 0 spiro atoms. The molecule has 0 N–H and O–H groups in total. The highest BCUT2D eigenvalue weighted by Gasteiger charge is 2.30. The number of aromatic nitrogens is 1. The summed E-state index contributed by atoms with van der Waals surface area (Å²) >= 11 is 0. The molecule has 1 aromatic heterocycles. The summed E-state index contributed by atoms with van der Waals surface area (Å²) in [4.78, 5) is 21.8. The molecular formula is C21H26FN3O. The molecule has 2 aliphatic heterocycles. The zero-order chi connectivity index (χ0) is 17.9. The van der Waals surface area contributed by atoms with Crippen LogP contribution in [0.3, 0.4) is 0 Å². The molecule has 0 saturated carbocycles. The van der Waals surface area contributed by atoms with Crippen molar-refractivity contribution in [3.63, 3.8) is 0 Å². The SMILES string of the molecule is O=C(c1ccnc2ccccc12)N1CCC(N2CCC[C@H](CF)C2)CC1. The lowest BCUT2D eigenvalue weighted by Gasteiger charge is -2.42. The fourth-order valence-corrected chi connectivity index (χ4v) is 4.44. The minimum atomic E-state index is -0.205. The van der Waals surface area contributed by atoms with Crippen molar-refractivity contribution in [3.05, 3.63) is 42.1 Å². The van der Waals surface area contributed by atoms with Crippen LogP contribution in [0.1, 0.15) is 36.0 Å². The van der Waals surface area contributed by atoms with E-state index in [1.54, 1.807) is 6.20 Å². The van der Waals surface area contributed by atoms with Gasteiger partial charge in [-0.3, -0.25) is 19.1 Å². The van der Waals surface area contributed by atoms with Crippen LogP contribution in [0.4, 0.5) is 4.39 Å². The maximum absolute atomic E-state index is 13.0. The van der Waals surface area contributed by atoms with Gasteiger partial charge < -0.3 is 4.90 Å². The molecule has 2 fully saturated rings. The second-order valence-electron chi connectivity index (χ2n) is 7.56. The molecule has 4 rings (SSSR count). The molecule has 2 saturated heterocycles. The molecule has 1 atom stereocenters. The number of hydrogen-bond acceptors (Lipinski definition) is 3. The van der Waals surface area contributed by atoms with Crippen LogP contribution in [0.2, 0.25) is 0 Å². The number of alkyl halides is 1. The van der Waals surface area contributed by atoms with Crippen molar-refractivity contribution in [2.24, 2.45) is 5.92 Å². The van der Waals surface area contributed by atoms with E-state index in [9.17, 15) is 9.18 Å². The minimum Gasteiger partial charge on any atom is -0.339 e. The van der Waals surface area contributed by atoms with Crippen molar-refractivity contribution in [1.82, 2.24) is 14.8 Å². The third kappa shape index (κ3) is 3.45. The Bertz CT molecular complexity index is 767. The lowest BCUT2D eigenvalue weighted by molar-refractivity contribution is 0.0507. The summed E-state index contributed by atoms with van der Waals surface area (Å²) in [6.45, 7) is 3.30. The number of carbonyl (C=O) groups excluding carboxylic acids is 1. The Morgan fingerprint density at radius 1 is 1.12 bits per heavy atom. The number of likely N-dealkylation sites (tertiary alicyclic amines) is 2. The minimum absolute atomic E-state index is 0.0994. The number of hydrogen-bond donors (Lipinski definition) is 0. The highest BCUT2D eigenvalue weighted by molar-refractivity contribution is 6.05. The van der Waals surface area contributed by atoms with Crippen LogP contribution in [0.15, 0.2) is 36.5 Å². The molecular weight excluding hydrogens is 329 g/mol. The largest absolute Gasteiger partial charge is 0.339 e. The van der Waals surface area contributed by atoms with Crippen LogP contribution < -0.4 is 0 Å². The van der Waals surface area contributed by atoms with Crippen LogP contribution in [0, 0.1) is 5.92 Å². The maximum atomic E-state index is 13.0.